The number of benzene rings is 2. The van der Waals surface area contributed by atoms with Crippen molar-refractivity contribution in [3.63, 3.8) is 0 Å². The van der Waals surface area contributed by atoms with Crippen LogP contribution in [-0.2, 0) is 0 Å². The molecule has 106 valence electrons. The van der Waals surface area contributed by atoms with Crippen LogP contribution in [0, 0.1) is 10.1 Å². The Balaban J connectivity index is 2.12. The second-order valence-corrected chi connectivity index (χ2v) is 4.07. The van der Waals surface area contributed by atoms with Crippen LogP contribution >= 0.6 is 0 Å². The van der Waals surface area contributed by atoms with Crippen LogP contribution in [0.2, 0.25) is 0 Å². The Morgan fingerprint density at radius 1 is 1.24 bits per heavy atom. The van der Waals surface area contributed by atoms with Crippen LogP contribution in [0.5, 0.6) is 5.75 Å². The Morgan fingerprint density at radius 3 is 2.62 bits per heavy atom. The summed E-state index contributed by atoms with van der Waals surface area (Å²) in [5, 5.41) is 23.9. The van der Waals surface area contributed by atoms with Crippen LogP contribution < -0.4 is 5.43 Å². The molecule has 21 heavy (non-hydrogen) atoms. The highest BCUT2D eigenvalue weighted by atomic mass is 16.6. The molecule has 2 rings (SSSR count). The van der Waals surface area contributed by atoms with Gasteiger partial charge in [-0.1, -0.05) is 30.3 Å². The van der Waals surface area contributed by atoms with E-state index in [0.717, 1.165) is 23.8 Å². The minimum absolute atomic E-state index is 0.214. The number of phenols is 1. The first-order valence-corrected chi connectivity index (χ1v) is 5.94. The van der Waals surface area contributed by atoms with Crippen LogP contribution in [0.1, 0.15) is 15.9 Å². The number of nitrogens with zero attached hydrogens (tertiary/aromatic N) is 2. The molecule has 7 nitrogen and oxygen atoms in total. The molecule has 0 aliphatic heterocycles. The number of nitro benzene ring substituents is 1. The van der Waals surface area contributed by atoms with Gasteiger partial charge in [0, 0.05) is 12.1 Å². The minimum Gasteiger partial charge on any atom is -0.507 e. The number of carbonyl (C=O) groups excluding carboxylic acids is 1. The number of rotatable bonds is 4. The lowest BCUT2D eigenvalue weighted by Crippen LogP contribution is -2.17. The maximum Gasteiger partial charge on any atom is 0.275 e. The van der Waals surface area contributed by atoms with Crippen LogP contribution in [0.3, 0.4) is 0 Å². The number of hydrogen-bond donors (Lipinski definition) is 2. The van der Waals surface area contributed by atoms with Crippen molar-refractivity contribution < 1.29 is 14.8 Å². The Hall–Kier alpha value is -3.22. The lowest BCUT2D eigenvalue weighted by atomic mass is 10.1. The molecule has 0 saturated heterocycles. The van der Waals surface area contributed by atoms with Gasteiger partial charge in [-0.15, -0.1) is 0 Å². The average Bonchev–Trinajstić information content (AvgIpc) is 2.48. The van der Waals surface area contributed by atoms with Crippen molar-refractivity contribution in [1.29, 1.82) is 0 Å². The molecule has 0 heterocycles. The normalized spacial score (nSPS) is 10.5. The van der Waals surface area contributed by atoms with Gasteiger partial charge in [-0.3, -0.25) is 14.9 Å². The van der Waals surface area contributed by atoms with Crippen LogP contribution in [-0.4, -0.2) is 22.2 Å². The van der Waals surface area contributed by atoms with E-state index in [1.807, 2.05) is 18.2 Å². The number of nitro groups is 1. The lowest BCUT2D eigenvalue weighted by molar-refractivity contribution is -0.384. The molecule has 0 fully saturated rings. The van der Waals surface area contributed by atoms with Crippen molar-refractivity contribution in [2.24, 2.45) is 5.10 Å². The number of hydrogen-bond acceptors (Lipinski definition) is 5. The molecular formula is C14H11N3O4. The topological polar surface area (TPSA) is 105 Å². The summed E-state index contributed by atoms with van der Waals surface area (Å²) in [7, 11) is 0. The number of hydrazone groups is 1. The van der Waals surface area contributed by atoms with E-state index in [1.54, 1.807) is 12.1 Å². The van der Waals surface area contributed by atoms with Gasteiger partial charge in [0.15, 0.2) is 0 Å². The van der Waals surface area contributed by atoms with Gasteiger partial charge in [-0.05, 0) is 11.6 Å². The number of carbonyl (C=O) groups is 1. The molecule has 0 saturated carbocycles. The van der Waals surface area contributed by atoms with E-state index in [0.29, 0.717) is 0 Å². The second kappa shape index (κ2) is 6.29. The summed E-state index contributed by atoms with van der Waals surface area (Å²) in [5.74, 6) is -1.09. The van der Waals surface area contributed by atoms with E-state index in [4.69, 9.17) is 0 Å². The van der Waals surface area contributed by atoms with Gasteiger partial charge in [0.1, 0.15) is 5.75 Å². The largest absolute Gasteiger partial charge is 0.507 e. The highest BCUT2D eigenvalue weighted by Crippen LogP contribution is 2.22. The number of amides is 1. The van der Waals surface area contributed by atoms with E-state index in [1.165, 1.54) is 6.21 Å². The predicted molar refractivity (Wildman–Crippen MR) is 76.3 cm³/mol. The maximum atomic E-state index is 11.8. The van der Waals surface area contributed by atoms with Gasteiger partial charge in [0.2, 0.25) is 0 Å². The summed E-state index contributed by atoms with van der Waals surface area (Å²) in [6.45, 7) is 0. The highest BCUT2D eigenvalue weighted by molar-refractivity contribution is 5.97. The van der Waals surface area contributed by atoms with Gasteiger partial charge in [-0.2, -0.15) is 5.10 Å². The van der Waals surface area contributed by atoms with E-state index in [-0.39, 0.29) is 17.0 Å². The summed E-state index contributed by atoms with van der Waals surface area (Å²) in [6, 6.07) is 12.2. The van der Waals surface area contributed by atoms with Crippen molar-refractivity contribution in [3.8, 4) is 5.75 Å². The van der Waals surface area contributed by atoms with Crippen LogP contribution in [0.15, 0.2) is 53.6 Å². The molecule has 0 aromatic heterocycles. The van der Waals surface area contributed by atoms with Gasteiger partial charge >= 0.3 is 0 Å². The zero-order valence-electron chi connectivity index (χ0n) is 10.8. The predicted octanol–water partition coefficient (Wildman–Crippen LogP) is 2.06. The van der Waals surface area contributed by atoms with Gasteiger partial charge in [0.25, 0.3) is 11.6 Å². The Morgan fingerprint density at radius 2 is 1.95 bits per heavy atom. The lowest BCUT2D eigenvalue weighted by Gasteiger charge is -2.02. The van der Waals surface area contributed by atoms with Crippen LogP contribution in [0.25, 0.3) is 0 Å². The molecular weight excluding hydrogens is 274 g/mol. The smallest absolute Gasteiger partial charge is 0.275 e. The first kappa shape index (κ1) is 14.2. The molecule has 0 spiro atoms. The zero-order valence-corrected chi connectivity index (χ0v) is 10.8. The van der Waals surface area contributed by atoms with Gasteiger partial charge in [0.05, 0.1) is 16.7 Å². The van der Waals surface area contributed by atoms with Crippen molar-refractivity contribution >= 4 is 17.8 Å². The first-order chi connectivity index (χ1) is 10.1. The Kier molecular flexibility index (Phi) is 4.25. The number of nitrogens with one attached hydrogen (secondary N) is 1. The zero-order chi connectivity index (χ0) is 15.2. The van der Waals surface area contributed by atoms with E-state index < -0.39 is 10.8 Å². The van der Waals surface area contributed by atoms with E-state index in [2.05, 4.69) is 10.5 Å². The fourth-order valence-electron chi connectivity index (χ4n) is 1.58. The monoisotopic (exact) mass is 285 g/mol. The summed E-state index contributed by atoms with van der Waals surface area (Å²) in [6.07, 6.45) is 1.42. The third-order valence-corrected chi connectivity index (χ3v) is 2.61. The van der Waals surface area contributed by atoms with Crippen molar-refractivity contribution in [3.05, 3.63) is 69.8 Å². The third kappa shape index (κ3) is 3.63. The molecule has 0 unspecified atom stereocenters. The molecule has 0 bridgehead atoms. The Labute approximate surface area is 119 Å². The van der Waals surface area contributed by atoms with Crippen molar-refractivity contribution in [1.82, 2.24) is 5.43 Å². The van der Waals surface area contributed by atoms with Crippen molar-refractivity contribution in [2.45, 2.75) is 0 Å². The summed E-state index contributed by atoms with van der Waals surface area (Å²) in [5.41, 5.74) is 2.48. The number of phenolic OH excluding ortho intramolecular Hbond substituents is 1. The first-order valence-electron chi connectivity index (χ1n) is 5.94. The van der Waals surface area contributed by atoms with Crippen molar-refractivity contribution in [2.75, 3.05) is 0 Å². The fourth-order valence-corrected chi connectivity index (χ4v) is 1.58. The molecule has 2 aromatic rings. The van der Waals surface area contributed by atoms with Gasteiger partial charge in [-0.25, -0.2) is 5.43 Å². The molecule has 0 atom stereocenters. The second-order valence-electron chi connectivity index (χ2n) is 4.07. The SMILES string of the molecule is O=C(N/N=C\c1ccccc1)c1cc([N+](=O)[O-])ccc1O. The highest BCUT2D eigenvalue weighted by Gasteiger charge is 2.15. The van der Waals surface area contributed by atoms with E-state index in [9.17, 15) is 20.0 Å². The molecule has 1 amide bonds. The molecule has 0 aliphatic rings. The maximum absolute atomic E-state index is 11.8. The fraction of sp³-hybridized carbons (Fsp3) is 0. The van der Waals surface area contributed by atoms with Crippen LogP contribution in [0.4, 0.5) is 5.69 Å². The molecule has 7 heteroatoms. The molecule has 2 N–H and O–H groups in total. The number of aromatic hydroxyl groups is 1. The molecule has 2 aromatic carbocycles. The molecule has 0 aliphatic carbocycles. The quantitative estimate of drug-likeness (QED) is 0.509. The Bertz CT molecular complexity index is 699. The molecule has 0 radical (unpaired) electrons. The third-order valence-electron chi connectivity index (χ3n) is 2.61. The average molecular weight is 285 g/mol. The standard InChI is InChI=1S/C14H11N3O4/c18-13-7-6-11(17(20)21)8-12(13)14(19)16-15-9-10-4-2-1-3-5-10/h1-9,18H,(H,16,19)/b15-9-. The van der Waals surface area contributed by atoms with E-state index >= 15 is 0 Å². The summed E-state index contributed by atoms with van der Waals surface area (Å²) < 4.78 is 0. The number of non-ortho nitro benzene ring substituents is 1. The summed E-state index contributed by atoms with van der Waals surface area (Å²) >= 11 is 0. The minimum atomic E-state index is -0.733. The van der Waals surface area contributed by atoms with Gasteiger partial charge < -0.3 is 5.11 Å². The summed E-state index contributed by atoms with van der Waals surface area (Å²) in [4.78, 5) is 21.8.